The van der Waals surface area contributed by atoms with E-state index in [1.807, 2.05) is 0 Å². The fraction of sp³-hybridized carbons (Fsp3) is 1.00. The molecule has 3 unspecified atom stereocenters. The van der Waals surface area contributed by atoms with Gasteiger partial charge >= 0.3 is 0 Å². The smallest absolute Gasteiger partial charge is 0.0472 e. The molecular weight excluding hydrogens is 256 g/mol. The minimum atomic E-state index is 0.558. The summed E-state index contributed by atoms with van der Waals surface area (Å²) < 4.78 is 0.558. The van der Waals surface area contributed by atoms with E-state index < -0.39 is 0 Å². The van der Waals surface area contributed by atoms with E-state index in [2.05, 4.69) is 39.5 Å². The molecule has 0 aromatic rings. The predicted molar refractivity (Wildman–Crippen MR) is 91.8 cm³/mol. The van der Waals surface area contributed by atoms with Crippen LogP contribution in [0, 0.1) is 11.8 Å². The molecule has 0 saturated heterocycles. The predicted octanol–water partition coefficient (Wildman–Crippen LogP) is 6.41. The van der Waals surface area contributed by atoms with Gasteiger partial charge in [-0.15, -0.1) is 11.8 Å². The van der Waals surface area contributed by atoms with Gasteiger partial charge in [-0.2, -0.15) is 12.6 Å². The van der Waals surface area contributed by atoms with Crippen LogP contribution in [0.5, 0.6) is 0 Å². The SMILES string of the molecule is CCCCC(C)CCSC(S)CCC(C)CCC. The van der Waals surface area contributed by atoms with Crippen LogP contribution in [-0.2, 0) is 0 Å². The van der Waals surface area contributed by atoms with Crippen molar-refractivity contribution in [2.45, 2.75) is 83.6 Å². The van der Waals surface area contributed by atoms with Crippen LogP contribution in [0.2, 0.25) is 0 Å². The molecule has 0 aliphatic heterocycles. The zero-order valence-electron chi connectivity index (χ0n) is 13.0. The molecule has 0 spiro atoms. The van der Waals surface area contributed by atoms with Crippen molar-refractivity contribution in [1.82, 2.24) is 0 Å². The van der Waals surface area contributed by atoms with Gasteiger partial charge in [-0.3, -0.25) is 0 Å². The largest absolute Gasteiger partial charge is 0.165 e. The Hall–Kier alpha value is 0.700. The summed E-state index contributed by atoms with van der Waals surface area (Å²) in [6, 6.07) is 0. The molecule has 0 N–H and O–H groups in total. The van der Waals surface area contributed by atoms with E-state index in [1.165, 1.54) is 57.1 Å². The molecule has 0 radical (unpaired) electrons. The Kier molecular flexibility index (Phi) is 13.2. The Bertz CT molecular complexity index is 170. The highest BCUT2D eigenvalue weighted by Crippen LogP contribution is 2.26. The van der Waals surface area contributed by atoms with Crippen molar-refractivity contribution in [3.8, 4) is 0 Å². The van der Waals surface area contributed by atoms with Gasteiger partial charge in [-0.05, 0) is 36.9 Å². The second kappa shape index (κ2) is 12.7. The lowest BCUT2D eigenvalue weighted by Crippen LogP contribution is -2.02. The van der Waals surface area contributed by atoms with Crippen molar-refractivity contribution >= 4 is 24.4 Å². The van der Waals surface area contributed by atoms with Crippen molar-refractivity contribution in [1.29, 1.82) is 0 Å². The lowest BCUT2D eigenvalue weighted by molar-refractivity contribution is 0.478. The minimum Gasteiger partial charge on any atom is -0.165 e. The molecule has 0 saturated carbocycles. The maximum absolute atomic E-state index is 4.71. The average Bonchev–Trinajstić information content (AvgIpc) is 2.34. The highest BCUT2D eigenvalue weighted by atomic mass is 32.2. The zero-order chi connectivity index (χ0) is 13.8. The lowest BCUT2D eigenvalue weighted by Gasteiger charge is -2.15. The number of unbranched alkanes of at least 4 members (excludes halogenated alkanes) is 1. The van der Waals surface area contributed by atoms with E-state index in [0.29, 0.717) is 4.58 Å². The molecule has 0 amide bonds. The van der Waals surface area contributed by atoms with E-state index in [-0.39, 0.29) is 0 Å². The van der Waals surface area contributed by atoms with E-state index in [1.54, 1.807) is 0 Å². The number of thiol groups is 1. The molecule has 0 nitrogen and oxygen atoms in total. The van der Waals surface area contributed by atoms with Crippen molar-refractivity contribution in [2.24, 2.45) is 11.8 Å². The molecule has 0 aliphatic carbocycles. The summed E-state index contributed by atoms with van der Waals surface area (Å²) in [6.45, 7) is 9.33. The Labute approximate surface area is 125 Å². The highest BCUT2D eigenvalue weighted by Gasteiger charge is 2.08. The van der Waals surface area contributed by atoms with Gasteiger partial charge in [0.2, 0.25) is 0 Å². The summed E-state index contributed by atoms with van der Waals surface area (Å²) >= 11 is 6.77. The average molecular weight is 291 g/mol. The van der Waals surface area contributed by atoms with Crippen LogP contribution in [0.25, 0.3) is 0 Å². The first-order valence-corrected chi connectivity index (χ1v) is 9.46. The monoisotopic (exact) mass is 290 g/mol. The van der Waals surface area contributed by atoms with Gasteiger partial charge in [0.1, 0.15) is 0 Å². The highest BCUT2D eigenvalue weighted by molar-refractivity contribution is 8.10. The molecule has 0 bridgehead atoms. The summed E-state index contributed by atoms with van der Waals surface area (Å²) in [6.07, 6.45) is 10.8. The lowest BCUT2D eigenvalue weighted by atomic mass is 10.0. The minimum absolute atomic E-state index is 0.558. The van der Waals surface area contributed by atoms with E-state index in [0.717, 1.165) is 11.8 Å². The van der Waals surface area contributed by atoms with Gasteiger partial charge in [0, 0.05) is 4.58 Å². The number of hydrogen-bond donors (Lipinski definition) is 1. The van der Waals surface area contributed by atoms with Gasteiger partial charge in [-0.25, -0.2) is 0 Å². The Balaban J connectivity index is 3.43. The summed E-state index contributed by atoms with van der Waals surface area (Å²) in [5.74, 6) is 3.08. The summed E-state index contributed by atoms with van der Waals surface area (Å²) in [4.78, 5) is 0. The Morgan fingerprint density at radius 2 is 1.50 bits per heavy atom. The van der Waals surface area contributed by atoms with Gasteiger partial charge in [0.25, 0.3) is 0 Å². The number of thioether (sulfide) groups is 1. The second-order valence-electron chi connectivity index (χ2n) is 5.83. The van der Waals surface area contributed by atoms with Crippen LogP contribution in [0.3, 0.4) is 0 Å². The van der Waals surface area contributed by atoms with Crippen molar-refractivity contribution in [2.75, 3.05) is 5.75 Å². The summed E-state index contributed by atoms with van der Waals surface area (Å²) in [5.41, 5.74) is 0. The first kappa shape index (κ1) is 18.7. The molecule has 110 valence electrons. The van der Waals surface area contributed by atoms with Crippen LogP contribution in [0.4, 0.5) is 0 Å². The third-order valence-electron chi connectivity index (χ3n) is 3.66. The quantitative estimate of drug-likeness (QED) is 0.320. The van der Waals surface area contributed by atoms with Crippen LogP contribution < -0.4 is 0 Å². The van der Waals surface area contributed by atoms with Crippen molar-refractivity contribution < 1.29 is 0 Å². The van der Waals surface area contributed by atoms with Gasteiger partial charge < -0.3 is 0 Å². The van der Waals surface area contributed by atoms with Crippen LogP contribution in [-0.4, -0.2) is 10.3 Å². The zero-order valence-corrected chi connectivity index (χ0v) is 14.7. The van der Waals surface area contributed by atoms with Crippen molar-refractivity contribution in [3.63, 3.8) is 0 Å². The maximum atomic E-state index is 4.71. The van der Waals surface area contributed by atoms with Gasteiger partial charge in [-0.1, -0.05) is 59.8 Å². The Morgan fingerprint density at radius 1 is 0.833 bits per heavy atom. The third-order valence-corrected chi connectivity index (χ3v) is 5.46. The molecule has 0 aromatic carbocycles. The molecule has 18 heavy (non-hydrogen) atoms. The summed E-state index contributed by atoms with van der Waals surface area (Å²) in [5, 5.41) is 0. The molecule has 2 heteroatoms. The Morgan fingerprint density at radius 3 is 2.11 bits per heavy atom. The maximum Gasteiger partial charge on any atom is 0.0472 e. The summed E-state index contributed by atoms with van der Waals surface area (Å²) in [7, 11) is 0. The molecule has 0 rings (SSSR count). The first-order chi connectivity index (χ1) is 8.60. The number of hydrogen-bond acceptors (Lipinski definition) is 2. The first-order valence-electron chi connectivity index (χ1n) is 7.89. The standard InChI is InChI=1S/C16H34S2/c1-5-7-9-15(4)12-13-18-16(17)11-10-14(3)8-6-2/h14-17H,5-13H2,1-4H3. The molecule has 0 fully saturated rings. The fourth-order valence-electron chi connectivity index (χ4n) is 2.25. The topological polar surface area (TPSA) is 0 Å². The van der Waals surface area contributed by atoms with Gasteiger partial charge in [0.05, 0.1) is 0 Å². The van der Waals surface area contributed by atoms with Gasteiger partial charge in [0.15, 0.2) is 0 Å². The van der Waals surface area contributed by atoms with Crippen LogP contribution >= 0.6 is 24.4 Å². The van der Waals surface area contributed by atoms with E-state index >= 15 is 0 Å². The molecular formula is C16H34S2. The number of rotatable bonds is 12. The van der Waals surface area contributed by atoms with Crippen LogP contribution in [0.15, 0.2) is 0 Å². The van der Waals surface area contributed by atoms with E-state index in [9.17, 15) is 0 Å². The molecule has 0 aromatic heterocycles. The van der Waals surface area contributed by atoms with E-state index in [4.69, 9.17) is 12.6 Å². The third kappa shape index (κ3) is 11.8. The second-order valence-corrected chi connectivity index (χ2v) is 8.12. The molecule has 0 heterocycles. The van der Waals surface area contributed by atoms with Crippen LogP contribution in [0.1, 0.15) is 79.1 Å². The normalized spacial score (nSPS) is 16.5. The molecule has 3 atom stereocenters. The fourth-order valence-corrected chi connectivity index (χ4v) is 3.83. The van der Waals surface area contributed by atoms with Crippen molar-refractivity contribution in [3.05, 3.63) is 0 Å². The molecule has 0 aliphatic rings.